The van der Waals surface area contributed by atoms with Gasteiger partial charge in [0, 0.05) is 17.8 Å². The van der Waals surface area contributed by atoms with Gasteiger partial charge in [-0.2, -0.15) is 8.42 Å². The van der Waals surface area contributed by atoms with E-state index < -0.39 is 16.1 Å². The highest BCUT2D eigenvalue weighted by Crippen LogP contribution is 2.31. The molecule has 1 unspecified atom stereocenters. The normalized spacial score (nSPS) is 20.4. The van der Waals surface area contributed by atoms with Crippen molar-refractivity contribution >= 4 is 27.5 Å². The van der Waals surface area contributed by atoms with E-state index in [4.69, 9.17) is 0 Å². The minimum atomic E-state index is -3.71. The fourth-order valence-corrected chi connectivity index (χ4v) is 5.06. The Balaban J connectivity index is 1.63. The number of aryl methyl sites for hydroxylation is 1. The van der Waals surface area contributed by atoms with Gasteiger partial charge in [0.2, 0.25) is 5.91 Å². The van der Waals surface area contributed by atoms with Gasteiger partial charge >= 0.3 is 0 Å². The lowest BCUT2D eigenvalue weighted by molar-refractivity contribution is -0.120. The number of sulfonamides is 1. The molecule has 0 aromatic heterocycles. The predicted octanol–water partition coefficient (Wildman–Crippen LogP) is 3.19. The summed E-state index contributed by atoms with van der Waals surface area (Å²) in [6.45, 7) is 2.68. The molecule has 0 aliphatic carbocycles. The van der Waals surface area contributed by atoms with Gasteiger partial charge in [-0.25, -0.2) is 0 Å². The van der Waals surface area contributed by atoms with Gasteiger partial charge in [0.1, 0.15) is 10.9 Å². The number of piperidine rings is 1. The molecule has 1 atom stereocenters. The Morgan fingerprint density at radius 3 is 2.82 bits per heavy atom. The second kappa shape index (κ2) is 7.39. The topological polar surface area (TPSA) is 78.8 Å². The van der Waals surface area contributed by atoms with Crippen molar-refractivity contribution in [1.82, 2.24) is 4.90 Å². The lowest BCUT2D eigenvalue weighted by Gasteiger charge is -2.36. The Bertz CT molecular complexity index is 1050. The zero-order chi connectivity index (χ0) is 19.7. The average molecular weight is 398 g/mol. The summed E-state index contributed by atoms with van der Waals surface area (Å²) in [6, 6.07) is 14.2. The molecule has 1 amide bonds. The summed E-state index contributed by atoms with van der Waals surface area (Å²) in [6.07, 6.45) is 3.38. The Morgan fingerprint density at radius 1 is 1.18 bits per heavy atom. The third kappa shape index (κ3) is 3.42. The number of carbonyl (C=O) groups excluding carboxylic acids is 1. The van der Waals surface area contributed by atoms with Gasteiger partial charge in [0.25, 0.3) is 10.0 Å². The van der Waals surface area contributed by atoms with Crippen molar-refractivity contribution in [3.05, 3.63) is 59.7 Å². The van der Waals surface area contributed by atoms with Crippen LogP contribution in [0, 0.1) is 0 Å². The van der Waals surface area contributed by atoms with E-state index >= 15 is 0 Å². The highest BCUT2D eigenvalue weighted by Gasteiger charge is 2.37. The fourth-order valence-electron chi connectivity index (χ4n) is 3.85. The van der Waals surface area contributed by atoms with Crippen LogP contribution in [0.1, 0.15) is 37.3 Å². The van der Waals surface area contributed by atoms with Crippen LogP contribution >= 0.6 is 0 Å². The maximum absolute atomic E-state index is 13.1. The second-order valence-electron chi connectivity index (χ2n) is 7.13. The summed E-state index contributed by atoms with van der Waals surface area (Å²) >= 11 is 0. The van der Waals surface area contributed by atoms with Crippen LogP contribution in [0.25, 0.3) is 0 Å². The second-order valence-corrected chi connectivity index (χ2v) is 8.71. The fraction of sp³-hybridized carbons (Fsp3) is 0.333. The quantitative estimate of drug-likeness (QED) is 0.863. The van der Waals surface area contributed by atoms with Crippen molar-refractivity contribution in [3.63, 3.8) is 0 Å². The zero-order valence-corrected chi connectivity index (χ0v) is 16.6. The molecule has 2 aliphatic rings. The Labute approximate surface area is 165 Å². The lowest BCUT2D eigenvalue weighted by atomic mass is 9.99. The summed E-state index contributed by atoms with van der Waals surface area (Å²) in [5.41, 5.74) is 2.49. The van der Waals surface area contributed by atoms with Crippen LogP contribution in [-0.2, 0) is 21.2 Å². The standard InChI is InChI=1S/C21H23N3O3S/c1-2-15-8-7-9-16(14-15)22-21(25)18-11-5-6-13-24(18)20-17-10-3-4-12-19(17)28(26,27)23-20/h3-4,7-10,12,14,18H,2,5-6,11,13H2,1H3,(H,22,25). The maximum atomic E-state index is 13.1. The molecule has 1 saturated heterocycles. The molecule has 146 valence electrons. The van der Waals surface area contributed by atoms with Gasteiger partial charge in [-0.1, -0.05) is 31.2 Å². The number of nitrogens with one attached hydrogen (secondary N) is 1. The van der Waals surface area contributed by atoms with E-state index in [-0.39, 0.29) is 10.8 Å². The lowest BCUT2D eigenvalue weighted by Crippen LogP contribution is -2.50. The largest absolute Gasteiger partial charge is 0.343 e. The summed E-state index contributed by atoms with van der Waals surface area (Å²) < 4.78 is 28.9. The third-order valence-electron chi connectivity index (χ3n) is 5.29. The molecule has 2 aromatic carbocycles. The number of amidine groups is 1. The minimum absolute atomic E-state index is 0.127. The molecule has 2 aliphatic heterocycles. The molecule has 0 radical (unpaired) electrons. The molecule has 2 aromatic rings. The number of likely N-dealkylation sites (tertiary alicyclic amines) is 1. The highest BCUT2D eigenvalue weighted by molar-refractivity contribution is 7.90. The number of carbonyl (C=O) groups is 1. The predicted molar refractivity (Wildman–Crippen MR) is 109 cm³/mol. The number of nitrogens with zero attached hydrogens (tertiary/aromatic N) is 2. The van der Waals surface area contributed by atoms with Crippen molar-refractivity contribution < 1.29 is 13.2 Å². The molecule has 7 heteroatoms. The summed E-state index contributed by atoms with van der Waals surface area (Å²) in [5.74, 6) is 0.259. The first-order chi connectivity index (χ1) is 13.5. The van der Waals surface area contributed by atoms with E-state index in [0.717, 1.165) is 30.5 Å². The monoisotopic (exact) mass is 397 g/mol. The Morgan fingerprint density at radius 2 is 2.00 bits per heavy atom. The van der Waals surface area contributed by atoms with Gasteiger partial charge in [-0.3, -0.25) is 4.79 Å². The van der Waals surface area contributed by atoms with Crippen LogP contribution in [0.5, 0.6) is 0 Å². The van der Waals surface area contributed by atoms with Crippen molar-refractivity contribution in [3.8, 4) is 0 Å². The first-order valence-corrected chi connectivity index (χ1v) is 11.0. The zero-order valence-electron chi connectivity index (χ0n) is 15.8. The van der Waals surface area contributed by atoms with Crippen LogP contribution in [0.2, 0.25) is 0 Å². The minimum Gasteiger partial charge on any atom is -0.343 e. The van der Waals surface area contributed by atoms with E-state index in [1.54, 1.807) is 24.3 Å². The maximum Gasteiger partial charge on any atom is 0.285 e. The molecule has 0 bridgehead atoms. The molecular formula is C21H23N3O3S. The van der Waals surface area contributed by atoms with Crippen LogP contribution in [0.15, 0.2) is 57.8 Å². The molecule has 0 spiro atoms. The van der Waals surface area contributed by atoms with E-state index in [1.165, 1.54) is 0 Å². The first-order valence-electron chi connectivity index (χ1n) is 9.60. The number of hydrogen-bond donors (Lipinski definition) is 1. The van der Waals surface area contributed by atoms with Crippen LogP contribution in [-0.4, -0.2) is 37.6 Å². The number of anilines is 1. The summed E-state index contributed by atoms with van der Waals surface area (Å²) in [7, 11) is -3.71. The SMILES string of the molecule is CCc1cccc(NC(=O)C2CCCCN2C2=NS(=O)(=O)c3ccccc32)c1. The molecular weight excluding hydrogens is 374 g/mol. The van der Waals surface area contributed by atoms with Gasteiger partial charge in [0.05, 0.1) is 0 Å². The molecule has 2 heterocycles. The summed E-state index contributed by atoms with van der Waals surface area (Å²) in [5, 5.41) is 3.00. The van der Waals surface area contributed by atoms with E-state index in [0.29, 0.717) is 24.4 Å². The van der Waals surface area contributed by atoms with Crippen molar-refractivity contribution in [2.45, 2.75) is 43.5 Å². The first kappa shape index (κ1) is 18.7. The number of benzene rings is 2. The van der Waals surface area contributed by atoms with Crippen molar-refractivity contribution in [2.75, 3.05) is 11.9 Å². The molecule has 4 rings (SSSR count). The third-order valence-corrected chi connectivity index (χ3v) is 6.62. The molecule has 1 N–H and O–H groups in total. The number of fused-ring (bicyclic) bond motifs is 1. The van der Waals surface area contributed by atoms with Crippen LogP contribution in [0.3, 0.4) is 0 Å². The van der Waals surface area contributed by atoms with Gasteiger partial charge in [-0.05, 0) is 55.5 Å². The Hall–Kier alpha value is -2.67. The number of amides is 1. The highest BCUT2D eigenvalue weighted by atomic mass is 32.2. The average Bonchev–Trinajstić information content (AvgIpc) is 2.99. The number of rotatable bonds is 3. The van der Waals surface area contributed by atoms with Gasteiger partial charge in [-0.15, -0.1) is 4.40 Å². The van der Waals surface area contributed by atoms with Crippen molar-refractivity contribution in [2.24, 2.45) is 4.40 Å². The van der Waals surface area contributed by atoms with Gasteiger partial charge in [0.15, 0.2) is 5.84 Å². The molecule has 1 fully saturated rings. The van der Waals surface area contributed by atoms with E-state index in [1.807, 2.05) is 29.2 Å². The van der Waals surface area contributed by atoms with E-state index in [2.05, 4.69) is 16.6 Å². The molecule has 6 nitrogen and oxygen atoms in total. The number of hydrogen-bond acceptors (Lipinski definition) is 4. The van der Waals surface area contributed by atoms with Gasteiger partial charge < -0.3 is 10.2 Å². The van der Waals surface area contributed by atoms with Crippen LogP contribution in [0.4, 0.5) is 5.69 Å². The smallest absolute Gasteiger partial charge is 0.285 e. The van der Waals surface area contributed by atoms with Crippen LogP contribution < -0.4 is 5.32 Å². The molecule has 0 saturated carbocycles. The van der Waals surface area contributed by atoms with Crippen molar-refractivity contribution in [1.29, 1.82) is 0 Å². The summed E-state index contributed by atoms with van der Waals surface area (Å²) in [4.78, 5) is 15.1. The molecule has 28 heavy (non-hydrogen) atoms. The van der Waals surface area contributed by atoms with E-state index in [9.17, 15) is 13.2 Å². The Kier molecular flexibility index (Phi) is 4.93.